The first-order chi connectivity index (χ1) is 9.28. The van der Waals surface area contributed by atoms with Gasteiger partial charge in [-0.1, -0.05) is 32.4 Å². The van der Waals surface area contributed by atoms with Crippen LogP contribution in [0.4, 0.5) is 0 Å². The lowest BCUT2D eigenvalue weighted by Gasteiger charge is -2.20. The molecule has 1 aliphatic rings. The molecule has 102 valence electrons. The van der Waals surface area contributed by atoms with E-state index in [0.29, 0.717) is 6.04 Å². The summed E-state index contributed by atoms with van der Waals surface area (Å²) in [7, 11) is 0. The van der Waals surface area contributed by atoms with Gasteiger partial charge in [-0.05, 0) is 36.8 Å². The quantitative estimate of drug-likeness (QED) is 0.903. The first kappa shape index (κ1) is 13.1. The Morgan fingerprint density at radius 2 is 2.16 bits per heavy atom. The van der Waals surface area contributed by atoms with Gasteiger partial charge in [0.1, 0.15) is 5.01 Å². The highest BCUT2D eigenvalue weighted by molar-refractivity contribution is 7.18. The molecule has 3 heteroatoms. The molecule has 1 aromatic carbocycles. The third-order valence-corrected chi connectivity index (χ3v) is 5.64. The van der Waals surface area contributed by atoms with E-state index in [1.807, 2.05) is 11.3 Å². The molecule has 0 bridgehead atoms. The van der Waals surface area contributed by atoms with Crippen molar-refractivity contribution in [1.29, 1.82) is 0 Å². The third kappa shape index (κ3) is 2.67. The van der Waals surface area contributed by atoms with Gasteiger partial charge in [0.05, 0.1) is 10.2 Å². The molecule has 0 aliphatic heterocycles. The van der Waals surface area contributed by atoms with Gasteiger partial charge in [0, 0.05) is 12.6 Å². The molecule has 0 amide bonds. The van der Waals surface area contributed by atoms with Crippen LogP contribution in [0, 0.1) is 11.8 Å². The fraction of sp³-hybridized carbons (Fsp3) is 0.562. The van der Waals surface area contributed by atoms with Crippen LogP contribution in [-0.4, -0.2) is 11.0 Å². The van der Waals surface area contributed by atoms with E-state index in [4.69, 9.17) is 4.98 Å². The summed E-state index contributed by atoms with van der Waals surface area (Å²) < 4.78 is 1.30. The Bertz CT molecular complexity index is 515. The molecule has 3 unspecified atom stereocenters. The number of para-hydroxylation sites is 1. The first-order valence-corrected chi connectivity index (χ1v) is 8.17. The van der Waals surface area contributed by atoms with Crippen LogP contribution in [-0.2, 0) is 6.54 Å². The highest BCUT2D eigenvalue weighted by Gasteiger charge is 2.31. The minimum absolute atomic E-state index is 0.678. The molecule has 1 fully saturated rings. The molecule has 2 aromatic rings. The second-order valence-corrected chi connectivity index (χ2v) is 6.78. The van der Waals surface area contributed by atoms with Crippen molar-refractivity contribution in [3.63, 3.8) is 0 Å². The van der Waals surface area contributed by atoms with Gasteiger partial charge in [0.25, 0.3) is 0 Å². The predicted molar refractivity (Wildman–Crippen MR) is 82.4 cm³/mol. The van der Waals surface area contributed by atoms with Crippen LogP contribution in [0.3, 0.4) is 0 Å². The number of rotatable bonds is 4. The number of aromatic nitrogens is 1. The van der Waals surface area contributed by atoms with E-state index >= 15 is 0 Å². The van der Waals surface area contributed by atoms with Gasteiger partial charge < -0.3 is 5.32 Å². The monoisotopic (exact) mass is 274 g/mol. The van der Waals surface area contributed by atoms with Crippen molar-refractivity contribution in [2.75, 3.05) is 0 Å². The summed E-state index contributed by atoms with van der Waals surface area (Å²) >= 11 is 1.81. The lowest BCUT2D eigenvalue weighted by atomic mass is 9.93. The van der Waals surface area contributed by atoms with Crippen LogP contribution in [0.5, 0.6) is 0 Å². The Balaban J connectivity index is 1.63. The van der Waals surface area contributed by atoms with E-state index in [1.54, 1.807) is 0 Å². The molecule has 3 atom stereocenters. The zero-order valence-corrected chi connectivity index (χ0v) is 12.5. The Kier molecular flexibility index (Phi) is 3.85. The van der Waals surface area contributed by atoms with E-state index in [9.17, 15) is 0 Å². The molecule has 0 saturated heterocycles. The highest BCUT2D eigenvalue weighted by atomic mass is 32.1. The van der Waals surface area contributed by atoms with Crippen molar-refractivity contribution < 1.29 is 0 Å². The largest absolute Gasteiger partial charge is 0.307 e. The number of nitrogens with zero attached hydrogens (tertiary/aromatic N) is 1. The van der Waals surface area contributed by atoms with Crippen molar-refractivity contribution in [3.05, 3.63) is 29.3 Å². The topological polar surface area (TPSA) is 24.9 Å². The number of fused-ring (bicyclic) bond motifs is 1. The molecule has 1 N–H and O–H groups in total. The Morgan fingerprint density at radius 3 is 2.89 bits per heavy atom. The Morgan fingerprint density at radius 1 is 1.32 bits per heavy atom. The molecule has 19 heavy (non-hydrogen) atoms. The summed E-state index contributed by atoms with van der Waals surface area (Å²) in [6.07, 6.45) is 4.03. The van der Waals surface area contributed by atoms with Crippen LogP contribution in [0.2, 0.25) is 0 Å². The van der Waals surface area contributed by atoms with Gasteiger partial charge in [-0.3, -0.25) is 0 Å². The summed E-state index contributed by atoms with van der Waals surface area (Å²) in [4.78, 5) is 4.69. The van der Waals surface area contributed by atoms with E-state index in [0.717, 1.165) is 23.9 Å². The number of hydrogen-bond acceptors (Lipinski definition) is 3. The van der Waals surface area contributed by atoms with Gasteiger partial charge in [-0.25, -0.2) is 4.98 Å². The zero-order valence-electron chi connectivity index (χ0n) is 11.7. The molecule has 0 radical (unpaired) electrons. The summed E-state index contributed by atoms with van der Waals surface area (Å²) in [5.41, 5.74) is 1.13. The van der Waals surface area contributed by atoms with Crippen LogP contribution < -0.4 is 5.32 Å². The maximum absolute atomic E-state index is 4.69. The summed E-state index contributed by atoms with van der Waals surface area (Å²) in [6.45, 7) is 5.64. The van der Waals surface area contributed by atoms with Gasteiger partial charge in [-0.2, -0.15) is 0 Å². The van der Waals surface area contributed by atoms with Crippen LogP contribution in [0.15, 0.2) is 24.3 Å². The molecule has 0 spiro atoms. The molecule has 1 aromatic heterocycles. The average molecular weight is 274 g/mol. The van der Waals surface area contributed by atoms with Crippen LogP contribution in [0.1, 0.15) is 38.1 Å². The number of hydrogen-bond donors (Lipinski definition) is 1. The van der Waals surface area contributed by atoms with Gasteiger partial charge in [0.15, 0.2) is 0 Å². The maximum Gasteiger partial charge on any atom is 0.108 e. The number of benzene rings is 1. The van der Waals surface area contributed by atoms with Gasteiger partial charge in [0.2, 0.25) is 0 Å². The van der Waals surface area contributed by atoms with Crippen molar-refractivity contribution in [2.45, 2.75) is 45.7 Å². The molecular weight excluding hydrogens is 252 g/mol. The number of nitrogens with one attached hydrogen (secondary N) is 1. The van der Waals surface area contributed by atoms with Crippen LogP contribution in [0.25, 0.3) is 10.2 Å². The molecule has 1 saturated carbocycles. The van der Waals surface area contributed by atoms with Crippen molar-refractivity contribution in [1.82, 2.24) is 10.3 Å². The average Bonchev–Trinajstić information content (AvgIpc) is 2.99. The molecule has 3 rings (SSSR count). The minimum Gasteiger partial charge on any atom is -0.307 e. The smallest absolute Gasteiger partial charge is 0.108 e. The van der Waals surface area contributed by atoms with Crippen molar-refractivity contribution >= 4 is 21.6 Å². The molecule has 1 heterocycles. The second-order valence-electron chi connectivity index (χ2n) is 5.67. The lowest BCUT2D eigenvalue weighted by Crippen LogP contribution is -2.32. The summed E-state index contributed by atoms with van der Waals surface area (Å²) in [5, 5.41) is 4.94. The molecular formula is C16H22N2S. The number of thiazole rings is 1. The first-order valence-electron chi connectivity index (χ1n) is 7.35. The van der Waals surface area contributed by atoms with E-state index in [-0.39, 0.29) is 0 Å². The fourth-order valence-corrected chi connectivity index (χ4v) is 4.24. The van der Waals surface area contributed by atoms with Gasteiger partial charge in [-0.15, -0.1) is 11.3 Å². The van der Waals surface area contributed by atoms with Gasteiger partial charge >= 0.3 is 0 Å². The Hall–Kier alpha value is -0.930. The lowest BCUT2D eigenvalue weighted by molar-refractivity contribution is 0.344. The fourth-order valence-electron chi connectivity index (χ4n) is 3.33. The standard InChI is InChI=1S/C16H22N2S/c1-3-12-8-9-13(11(12)2)17-10-16-18-14-6-4-5-7-15(14)19-16/h4-7,11-13,17H,3,8-10H2,1-2H3. The summed E-state index contributed by atoms with van der Waals surface area (Å²) in [6, 6.07) is 9.08. The van der Waals surface area contributed by atoms with E-state index in [2.05, 4.69) is 43.4 Å². The minimum atomic E-state index is 0.678. The van der Waals surface area contributed by atoms with Crippen LogP contribution >= 0.6 is 11.3 Å². The zero-order chi connectivity index (χ0) is 13.2. The molecule has 2 nitrogen and oxygen atoms in total. The summed E-state index contributed by atoms with van der Waals surface area (Å²) in [5.74, 6) is 1.72. The maximum atomic E-state index is 4.69. The third-order valence-electron chi connectivity index (χ3n) is 4.60. The Labute approximate surface area is 119 Å². The van der Waals surface area contributed by atoms with E-state index in [1.165, 1.54) is 29.0 Å². The normalized spacial score (nSPS) is 27.2. The van der Waals surface area contributed by atoms with E-state index < -0.39 is 0 Å². The predicted octanol–water partition coefficient (Wildman–Crippen LogP) is 4.21. The van der Waals surface area contributed by atoms with Crippen molar-refractivity contribution in [3.8, 4) is 0 Å². The SMILES string of the molecule is CCC1CCC(NCc2nc3ccccc3s2)C1C. The molecule has 1 aliphatic carbocycles. The highest BCUT2D eigenvalue weighted by Crippen LogP contribution is 2.34. The second kappa shape index (κ2) is 5.59. The van der Waals surface area contributed by atoms with Crippen molar-refractivity contribution in [2.24, 2.45) is 11.8 Å².